The molecule has 144 valence electrons. The van der Waals surface area contributed by atoms with Gasteiger partial charge >= 0.3 is 0 Å². The zero-order valence-corrected chi connectivity index (χ0v) is 16.0. The molecule has 3 heterocycles. The third-order valence-electron chi connectivity index (χ3n) is 6.08. The molecule has 1 aromatic heterocycles. The second-order valence-corrected chi connectivity index (χ2v) is 8.04. The number of carbonyl (C=O) groups is 1. The number of aromatic nitrogens is 2. The number of imidazole rings is 1. The van der Waals surface area contributed by atoms with Crippen molar-refractivity contribution in [3.8, 4) is 0 Å². The molecule has 1 aromatic carbocycles. The second kappa shape index (κ2) is 7.82. The van der Waals surface area contributed by atoms with Gasteiger partial charge in [-0.3, -0.25) is 4.79 Å². The zero-order chi connectivity index (χ0) is 18.7. The minimum atomic E-state index is -0.0642. The number of nitrogens with one attached hydrogen (secondary N) is 2. The van der Waals surface area contributed by atoms with Gasteiger partial charge in [-0.1, -0.05) is 30.3 Å². The maximum Gasteiger partial charge on any atom is 0.239 e. The van der Waals surface area contributed by atoms with Gasteiger partial charge in [0.15, 0.2) is 0 Å². The third kappa shape index (κ3) is 4.06. The smallest absolute Gasteiger partial charge is 0.239 e. The summed E-state index contributed by atoms with van der Waals surface area (Å²) in [6.45, 7) is 4.40. The van der Waals surface area contributed by atoms with Gasteiger partial charge in [0.25, 0.3) is 0 Å². The van der Waals surface area contributed by atoms with Crippen LogP contribution in [0.25, 0.3) is 0 Å². The fraction of sp³-hybridized carbons (Fsp3) is 0.524. The average Bonchev–Trinajstić information content (AvgIpc) is 3.30. The largest absolute Gasteiger partial charge is 0.337 e. The van der Waals surface area contributed by atoms with E-state index in [0.29, 0.717) is 12.0 Å². The second-order valence-electron chi connectivity index (χ2n) is 8.04. The first kappa shape index (κ1) is 18.2. The molecule has 0 saturated carbocycles. The molecule has 2 fully saturated rings. The van der Waals surface area contributed by atoms with Gasteiger partial charge in [-0.15, -0.1) is 0 Å². The Morgan fingerprint density at radius 1 is 1.30 bits per heavy atom. The molecule has 0 bridgehead atoms. The van der Waals surface area contributed by atoms with E-state index in [9.17, 15) is 4.79 Å². The summed E-state index contributed by atoms with van der Waals surface area (Å²) < 4.78 is 2.12. The summed E-state index contributed by atoms with van der Waals surface area (Å²) >= 11 is 0. The number of likely N-dealkylation sites (N-methyl/N-ethyl adjacent to an activating group) is 1. The number of piperidine rings is 1. The van der Waals surface area contributed by atoms with Crippen molar-refractivity contribution in [2.75, 3.05) is 26.7 Å². The summed E-state index contributed by atoms with van der Waals surface area (Å²) in [4.78, 5) is 19.3. The van der Waals surface area contributed by atoms with Crippen LogP contribution in [0.3, 0.4) is 0 Å². The van der Waals surface area contributed by atoms with Gasteiger partial charge in [0.2, 0.25) is 5.91 Å². The van der Waals surface area contributed by atoms with Gasteiger partial charge < -0.3 is 20.1 Å². The van der Waals surface area contributed by atoms with Crippen LogP contribution in [0.15, 0.2) is 42.7 Å². The van der Waals surface area contributed by atoms with Gasteiger partial charge in [-0.05, 0) is 43.3 Å². The minimum absolute atomic E-state index is 0.0642. The molecule has 0 unspecified atom stereocenters. The number of carbonyl (C=O) groups excluding carboxylic acids is 1. The van der Waals surface area contributed by atoms with Gasteiger partial charge in [-0.25, -0.2) is 4.98 Å². The maximum atomic E-state index is 13.0. The molecular weight excluding hydrogens is 338 g/mol. The lowest BCUT2D eigenvalue weighted by atomic mass is 9.77. The Labute approximate surface area is 161 Å². The average molecular weight is 367 g/mol. The van der Waals surface area contributed by atoms with Gasteiger partial charge in [0, 0.05) is 32.5 Å². The lowest BCUT2D eigenvalue weighted by molar-refractivity contribution is -0.132. The molecule has 2 aliphatic heterocycles. The Hall–Kier alpha value is -2.18. The molecule has 0 radical (unpaired) electrons. The first-order chi connectivity index (χ1) is 13.2. The van der Waals surface area contributed by atoms with Gasteiger partial charge in [0.05, 0.1) is 12.6 Å². The van der Waals surface area contributed by atoms with E-state index >= 15 is 0 Å². The summed E-state index contributed by atoms with van der Waals surface area (Å²) in [6, 6.07) is 10.3. The SMILES string of the molecule is CN(Cc1nccn1Cc1ccccc1)C(=O)[C@@H]1CC2(CCNCC2)CN1. The quantitative estimate of drug-likeness (QED) is 0.843. The Balaban J connectivity index is 1.37. The summed E-state index contributed by atoms with van der Waals surface area (Å²) in [5, 5.41) is 6.91. The van der Waals surface area contributed by atoms with E-state index in [1.54, 1.807) is 0 Å². The number of nitrogens with zero attached hydrogens (tertiary/aromatic N) is 3. The van der Waals surface area contributed by atoms with Crippen LogP contribution in [0.2, 0.25) is 0 Å². The van der Waals surface area contributed by atoms with Crippen molar-refractivity contribution in [2.45, 2.75) is 38.4 Å². The molecule has 1 amide bonds. The zero-order valence-electron chi connectivity index (χ0n) is 16.0. The van der Waals surface area contributed by atoms with Crippen LogP contribution in [-0.2, 0) is 17.9 Å². The van der Waals surface area contributed by atoms with E-state index in [4.69, 9.17) is 0 Å². The van der Waals surface area contributed by atoms with Crippen molar-refractivity contribution in [1.29, 1.82) is 0 Å². The number of amides is 1. The van der Waals surface area contributed by atoms with Crippen LogP contribution in [0.5, 0.6) is 0 Å². The van der Waals surface area contributed by atoms with Crippen LogP contribution in [0.1, 0.15) is 30.7 Å². The maximum absolute atomic E-state index is 13.0. The molecule has 0 aliphatic carbocycles. The molecule has 27 heavy (non-hydrogen) atoms. The van der Waals surface area contributed by atoms with E-state index in [1.807, 2.05) is 42.5 Å². The normalized spacial score (nSPS) is 21.4. The standard InChI is InChI=1S/C21H29N5O/c1-25(20(27)18-13-21(16-24-18)7-9-22-10-8-21)15-19-23-11-12-26(19)14-17-5-3-2-4-6-17/h2-6,11-12,18,22,24H,7-10,13-16H2,1H3/t18-/m0/s1. The lowest BCUT2D eigenvalue weighted by Crippen LogP contribution is -2.41. The van der Waals surface area contributed by atoms with Crippen molar-refractivity contribution in [3.05, 3.63) is 54.1 Å². The number of hydrogen-bond acceptors (Lipinski definition) is 4. The molecule has 1 spiro atoms. The summed E-state index contributed by atoms with van der Waals surface area (Å²) in [5.41, 5.74) is 1.54. The fourth-order valence-electron chi connectivity index (χ4n) is 4.40. The molecular formula is C21H29N5O. The lowest BCUT2D eigenvalue weighted by Gasteiger charge is -2.33. The number of hydrogen-bond donors (Lipinski definition) is 2. The van der Waals surface area contributed by atoms with Crippen LogP contribution in [0, 0.1) is 5.41 Å². The van der Waals surface area contributed by atoms with E-state index in [1.165, 1.54) is 5.56 Å². The Morgan fingerprint density at radius 3 is 2.85 bits per heavy atom. The first-order valence-corrected chi connectivity index (χ1v) is 9.88. The molecule has 6 heteroatoms. The fourth-order valence-corrected chi connectivity index (χ4v) is 4.40. The first-order valence-electron chi connectivity index (χ1n) is 9.88. The van der Waals surface area contributed by atoms with E-state index in [2.05, 4.69) is 32.3 Å². The highest BCUT2D eigenvalue weighted by molar-refractivity contribution is 5.82. The highest BCUT2D eigenvalue weighted by Gasteiger charge is 2.42. The molecule has 6 nitrogen and oxygen atoms in total. The van der Waals surface area contributed by atoms with Crippen molar-refractivity contribution < 1.29 is 4.79 Å². The molecule has 1 atom stereocenters. The highest BCUT2D eigenvalue weighted by atomic mass is 16.2. The van der Waals surface area contributed by atoms with Crippen LogP contribution >= 0.6 is 0 Å². The highest BCUT2D eigenvalue weighted by Crippen LogP contribution is 2.37. The van der Waals surface area contributed by atoms with Crippen molar-refractivity contribution in [3.63, 3.8) is 0 Å². The molecule has 2 N–H and O–H groups in total. The molecule has 2 saturated heterocycles. The predicted octanol–water partition coefficient (Wildman–Crippen LogP) is 1.62. The number of rotatable bonds is 5. The van der Waals surface area contributed by atoms with Crippen molar-refractivity contribution >= 4 is 5.91 Å². The third-order valence-corrected chi connectivity index (χ3v) is 6.08. The van der Waals surface area contributed by atoms with Gasteiger partial charge in [-0.2, -0.15) is 0 Å². The molecule has 2 aliphatic rings. The number of benzene rings is 1. The predicted molar refractivity (Wildman–Crippen MR) is 105 cm³/mol. The molecule has 2 aromatic rings. The van der Waals surface area contributed by atoms with Crippen LogP contribution in [0.4, 0.5) is 0 Å². The van der Waals surface area contributed by atoms with E-state index in [-0.39, 0.29) is 11.9 Å². The summed E-state index contributed by atoms with van der Waals surface area (Å²) in [5.74, 6) is 1.10. The summed E-state index contributed by atoms with van der Waals surface area (Å²) in [7, 11) is 1.89. The Bertz CT molecular complexity index is 766. The molecule has 4 rings (SSSR count). The van der Waals surface area contributed by atoms with Gasteiger partial charge in [0.1, 0.15) is 5.82 Å². The van der Waals surface area contributed by atoms with Crippen molar-refractivity contribution in [1.82, 2.24) is 25.1 Å². The van der Waals surface area contributed by atoms with Crippen molar-refractivity contribution in [2.24, 2.45) is 5.41 Å². The van der Waals surface area contributed by atoms with Crippen LogP contribution in [-0.4, -0.2) is 53.1 Å². The Kier molecular flexibility index (Phi) is 5.27. The minimum Gasteiger partial charge on any atom is -0.337 e. The van der Waals surface area contributed by atoms with Crippen LogP contribution < -0.4 is 10.6 Å². The topological polar surface area (TPSA) is 62.2 Å². The van der Waals surface area contributed by atoms with E-state index < -0.39 is 0 Å². The van der Waals surface area contributed by atoms with E-state index in [0.717, 1.165) is 51.3 Å². The monoisotopic (exact) mass is 367 g/mol. The summed E-state index contributed by atoms with van der Waals surface area (Å²) in [6.07, 6.45) is 7.08. The Morgan fingerprint density at radius 2 is 2.07 bits per heavy atom.